The van der Waals surface area contributed by atoms with Gasteiger partial charge in [-0.25, -0.2) is 4.79 Å². The summed E-state index contributed by atoms with van der Waals surface area (Å²) in [6.07, 6.45) is 39.0. The Morgan fingerprint density at radius 1 is 0.533 bits per heavy atom. The molecule has 0 aromatic rings. The van der Waals surface area contributed by atoms with Crippen molar-refractivity contribution in [3.05, 3.63) is 12.2 Å². The number of hydrogen-bond acceptors (Lipinski definition) is 8. The van der Waals surface area contributed by atoms with Crippen LogP contribution in [0.1, 0.15) is 242 Å². The third kappa shape index (κ3) is 34.2. The Bertz CT molecular complexity index is 1140. The van der Waals surface area contributed by atoms with Crippen molar-refractivity contribution < 1.29 is 28.7 Å². The van der Waals surface area contributed by atoms with Crippen molar-refractivity contribution in [3.8, 4) is 0 Å². The number of amides is 2. The molecule has 0 aliphatic carbocycles. The summed E-state index contributed by atoms with van der Waals surface area (Å²) < 4.78 is 10.9. The number of ether oxygens (including phenoxy) is 2. The molecule has 0 radical (unpaired) electrons. The summed E-state index contributed by atoms with van der Waals surface area (Å²) in [6, 6.07) is 0. The molecule has 0 aliphatic heterocycles. The van der Waals surface area contributed by atoms with Crippen molar-refractivity contribution in [1.29, 1.82) is 0 Å². The zero-order valence-electron chi connectivity index (χ0n) is 40.4. The van der Waals surface area contributed by atoms with Crippen molar-refractivity contribution in [3.63, 3.8) is 0 Å². The summed E-state index contributed by atoms with van der Waals surface area (Å²) in [6.45, 7) is 15.6. The summed E-state index contributed by atoms with van der Waals surface area (Å²) in [5, 5.41) is 2.65. The number of esters is 2. The van der Waals surface area contributed by atoms with E-state index in [9.17, 15) is 19.2 Å². The highest BCUT2D eigenvalue weighted by atomic mass is 16.6. The van der Waals surface area contributed by atoms with E-state index < -0.39 is 47.0 Å². The normalized spacial score (nSPS) is 12.8. The maximum atomic E-state index is 13.6. The van der Waals surface area contributed by atoms with Crippen LogP contribution in [-0.4, -0.2) is 65.2 Å². The first-order chi connectivity index (χ1) is 28.4. The summed E-state index contributed by atoms with van der Waals surface area (Å²) in [5.41, 5.74) is 8.37. The van der Waals surface area contributed by atoms with Gasteiger partial charge in [0.1, 0.15) is 17.1 Å². The van der Waals surface area contributed by atoms with Gasteiger partial charge in [0.25, 0.3) is 0 Å². The van der Waals surface area contributed by atoms with Crippen LogP contribution in [0.2, 0.25) is 0 Å². The van der Waals surface area contributed by atoms with Crippen LogP contribution in [0.25, 0.3) is 0 Å². The van der Waals surface area contributed by atoms with Crippen LogP contribution in [0, 0.1) is 5.92 Å². The first kappa shape index (κ1) is 57.5. The smallest absolute Gasteiger partial charge is 0.341 e. The van der Waals surface area contributed by atoms with Gasteiger partial charge in [0.2, 0.25) is 11.8 Å². The lowest BCUT2D eigenvalue weighted by Gasteiger charge is -2.31. The molecule has 1 atom stereocenters. The standard InChI is InChI=1S/C50H96N4O6/c1-9-11-13-15-17-19-21-23-25-26-28-30-32-34-36-38-40-54(39-37-35-33-31-29-27-24-22-20-18-16-14-12-10-2)44(55)42-53-45(56)43(46(57)59-48(3,4)5)41-50(51,52)47(58)60-49(6,7)8/h23,25,43H,9-22,24,26-42,51-52H2,1-8H3,(H,53,56). The summed E-state index contributed by atoms with van der Waals surface area (Å²) >= 11 is 0. The van der Waals surface area contributed by atoms with E-state index in [4.69, 9.17) is 20.9 Å². The van der Waals surface area contributed by atoms with Gasteiger partial charge in [-0.3, -0.25) is 14.4 Å². The van der Waals surface area contributed by atoms with Crippen molar-refractivity contribution >= 4 is 23.8 Å². The molecule has 0 fully saturated rings. The van der Waals surface area contributed by atoms with E-state index >= 15 is 0 Å². The van der Waals surface area contributed by atoms with E-state index in [0.717, 1.165) is 44.9 Å². The SMILES string of the molecule is CCCCCCCCC=CCCCCCCCCN(CCCCCCCCCCCCCCCC)C(=O)CNC(=O)C(CC(N)(N)C(=O)OC(C)(C)C)C(=O)OC(C)(C)C. The number of nitrogens with zero attached hydrogens (tertiary/aromatic N) is 1. The van der Waals surface area contributed by atoms with Crippen molar-refractivity contribution in [2.45, 2.75) is 258 Å². The Hall–Kier alpha value is -2.46. The molecule has 0 aromatic carbocycles. The third-order valence-corrected chi connectivity index (χ3v) is 10.8. The predicted octanol–water partition coefficient (Wildman–Crippen LogP) is 11.8. The van der Waals surface area contributed by atoms with Crippen molar-refractivity contribution in [2.75, 3.05) is 19.6 Å². The average molecular weight is 849 g/mol. The van der Waals surface area contributed by atoms with E-state index in [0.29, 0.717) is 13.1 Å². The number of rotatable bonds is 38. The maximum absolute atomic E-state index is 13.6. The molecule has 0 bridgehead atoms. The zero-order chi connectivity index (χ0) is 45.1. The monoisotopic (exact) mass is 849 g/mol. The molecular formula is C50H96N4O6. The van der Waals surface area contributed by atoms with E-state index in [2.05, 4.69) is 31.3 Å². The first-order valence-corrected chi connectivity index (χ1v) is 24.7. The molecule has 2 amide bonds. The fourth-order valence-electron chi connectivity index (χ4n) is 7.26. The molecule has 10 heteroatoms. The van der Waals surface area contributed by atoms with Crippen molar-refractivity contribution in [1.82, 2.24) is 10.2 Å². The minimum Gasteiger partial charge on any atom is -0.459 e. The second-order valence-corrected chi connectivity index (χ2v) is 19.5. The number of hydrogen-bond donors (Lipinski definition) is 3. The summed E-state index contributed by atoms with van der Waals surface area (Å²) in [5.74, 6) is -4.31. The van der Waals surface area contributed by atoms with Gasteiger partial charge in [0.15, 0.2) is 5.66 Å². The highest BCUT2D eigenvalue weighted by molar-refractivity contribution is 6.00. The zero-order valence-corrected chi connectivity index (χ0v) is 40.4. The Balaban J connectivity index is 5.12. The van der Waals surface area contributed by atoms with Gasteiger partial charge in [-0.15, -0.1) is 0 Å². The number of unbranched alkanes of at least 4 members (excludes halogenated alkanes) is 25. The van der Waals surface area contributed by atoms with Gasteiger partial charge in [0.05, 0.1) is 6.54 Å². The van der Waals surface area contributed by atoms with E-state index in [-0.39, 0.29) is 12.5 Å². The van der Waals surface area contributed by atoms with Gasteiger partial charge in [-0.1, -0.05) is 167 Å². The van der Waals surface area contributed by atoms with Gasteiger partial charge >= 0.3 is 11.9 Å². The van der Waals surface area contributed by atoms with Gasteiger partial charge in [0, 0.05) is 19.5 Å². The largest absolute Gasteiger partial charge is 0.459 e. The lowest BCUT2D eigenvalue weighted by Crippen LogP contribution is -2.61. The fraction of sp³-hybridized carbons (Fsp3) is 0.880. The molecular weight excluding hydrogens is 753 g/mol. The molecule has 1 unspecified atom stereocenters. The van der Waals surface area contributed by atoms with Gasteiger partial charge in [-0.2, -0.15) is 0 Å². The van der Waals surface area contributed by atoms with Crippen LogP contribution in [0.3, 0.4) is 0 Å². The first-order valence-electron chi connectivity index (χ1n) is 24.7. The molecule has 0 spiro atoms. The van der Waals surface area contributed by atoms with Gasteiger partial charge in [-0.05, 0) is 80.1 Å². The van der Waals surface area contributed by atoms with Crippen LogP contribution in [0.4, 0.5) is 0 Å². The molecule has 0 aromatic heterocycles. The predicted molar refractivity (Wildman–Crippen MR) is 250 cm³/mol. The number of carbonyl (C=O) groups excluding carboxylic acids is 4. The molecule has 60 heavy (non-hydrogen) atoms. The quantitative estimate of drug-likeness (QED) is 0.0182. The second kappa shape index (κ2) is 35.1. The third-order valence-electron chi connectivity index (χ3n) is 10.8. The van der Waals surface area contributed by atoms with E-state index in [1.165, 1.54) is 135 Å². The maximum Gasteiger partial charge on any atom is 0.341 e. The average Bonchev–Trinajstić information content (AvgIpc) is 3.16. The molecule has 0 saturated heterocycles. The number of allylic oxidation sites excluding steroid dienone is 2. The van der Waals surface area contributed by atoms with Crippen LogP contribution in [-0.2, 0) is 28.7 Å². The van der Waals surface area contributed by atoms with Crippen LogP contribution < -0.4 is 16.8 Å². The summed E-state index contributed by atoms with van der Waals surface area (Å²) in [7, 11) is 0. The topological polar surface area (TPSA) is 154 Å². The fourth-order valence-corrected chi connectivity index (χ4v) is 7.26. The highest BCUT2D eigenvalue weighted by Gasteiger charge is 2.43. The number of carbonyl (C=O) groups is 4. The molecule has 0 heterocycles. The summed E-state index contributed by atoms with van der Waals surface area (Å²) in [4.78, 5) is 55.1. The highest BCUT2D eigenvalue weighted by Crippen LogP contribution is 2.21. The van der Waals surface area contributed by atoms with Crippen LogP contribution in [0.15, 0.2) is 12.2 Å². The van der Waals surface area contributed by atoms with E-state index in [1.54, 1.807) is 41.5 Å². The van der Waals surface area contributed by atoms with Gasteiger partial charge < -0.3 is 31.2 Å². The number of nitrogens with two attached hydrogens (primary N) is 2. The molecule has 10 nitrogen and oxygen atoms in total. The Kier molecular flexibility index (Phi) is 33.6. The van der Waals surface area contributed by atoms with Crippen molar-refractivity contribution in [2.24, 2.45) is 17.4 Å². The molecule has 0 saturated carbocycles. The Labute approximate surface area is 369 Å². The minimum atomic E-state index is -2.14. The second-order valence-electron chi connectivity index (χ2n) is 19.5. The molecule has 0 aliphatic rings. The number of nitrogens with one attached hydrogen (secondary N) is 1. The van der Waals surface area contributed by atoms with Crippen LogP contribution >= 0.6 is 0 Å². The molecule has 5 N–H and O–H groups in total. The Morgan fingerprint density at radius 2 is 0.883 bits per heavy atom. The molecule has 0 rings (SSSR count). The minimum absolute atomic E-state index is 0.201. The Morgan fingerprint density at radius 3 is 1.25 bits per heavy atom. The molecule has 352 valence electrons. The lowest BCUT2D eigenvalue weighted by molar-refractivity contribution is -0.167. The van der Waals surface area contributed by atoms with Crippen LogP contribution in [0.5, 0.6) is 0 Å². The lowest BCUT2D eigenvalue weighted by atomic mass is 9.94. The van der Waals surface area contributed by atoms with E-state index in [1.807, 2.05) is 4.90 Å².